The molecule has 356 valence electrons. The van der Waals surface area contributed by atoms with Crippen LogP contribution in [-0.2, 0) is 42.1 Å². The number of phosphoric acid groups is 1. The first-order valence-electron chi connectivity index (χ1n) is 24.4. The van der Waals surface area contributed by atoms with Crippen LogP contribution >= 0.6 is 7.82 Å². The molecule has 0 heterocycles. The maximum atomic E-state index is 12.7. The zero-order chi connectivity index (χ0) is 44.0. The van der Waals surface area contributed by atoms with Gasteiger partial charge < -0.3 is 34.9 Å². The Labute approximate surface area is 366 Å². The van der Waals surface area contributed by atoms with Crippen molar-refractivity contribution in [3.05, 3.63) is 0 Å². The standard InChI is InChI=1S/C46H91N2O11P/c1-3-5-7-9-11-13-15-17-19-21-23-25-27-29-31-33-44(49)56-41-43(42-58-60(52,53)57-38-36-48-46(51)55-40-39-54-37-35-47)59-45(50)34-32-30-28-26-24-22-20-18-16-14-12-10-8-6-4-2/h43H,3-42,47H2,1-2H3,(H,48,51)(H,52,53). The molecule has 14 heteroatoms. The van der Waals surface area contributed by atoms with Crippen LogP contribution in [0.2, 0.25) is 0 Å². The van der Waals surface area contributed by atoms with Crippen molar-refractivity contribution in [3.63, 3.8) is 0 Å². The normalized spacial score (nSPS) is 12.9. The van der Waals surface area contributed by atoms with E-state index in [4.69, 9.17) is 33.7 Å². The number of esters is 2. The molecule has 0 bridgehead atoms. The highest BCUT2D eigenvalue weighted by Crippen LogP contribution is 2.43. The topological polar surface area (TPSA) is 182 Å². The van der Waals surface area contributed by atoms with Crippen molar-refractivity contribution in [2.24, 2.45) is 5.73 Å². The fourth-order valence-corrected chi connectivity index (χ4v) is 7.61. The van der Waals surface area contributed by atoms with Gasteiger partial charge in [0.25, 0.3) is 0 Å². The van der Waals surface area contributed by atoms with Crippen molar-refractivity contribution in [1.29, 1.82) is 0 Å². The number of alkyl carbamates (subject to hydrolysis) is 1. The van der Waals surface area contributed by atoms with E-state index >= 15 is 0 Å². The molecule has 4 N–H and O–H groups in total. The van der Waals surface area contributed by atoms with E-state index in [0.717, 1.165) is 38.5 Å². The van der Waals surface area contributed by atoms with Crippen molar-refractivity contribution >= 4 is 25.9 Å². The number of amides is 1. The summed E-state index contributed by atoms with van der Waals surface area (Å²) in [5.41, 5.74) is 5.33. The molecule has 0 radical (unpaired) electrons. The van der Waals surface area contributed by atoms with Gasteiger partial charge in [-0.2, -0.15) is 0 Å². The number of phosphoric ester groups is 1. The highest BCUT2D eigenvalue weighted by molar-refractivity contribution is 7.47. The van der Waals surface area contributed by atoms with E-state index in [9.17, 15) is 23.8 Å². The highest BCUT2D eigenvalue weighted by Gasteiger charge is 2.26. The van der Waals surface area contributed by atoms with Gasteiger partial charge in [0, 0.05) is 25.9 Å². The summed E-state index contributed by atoms with van der Waals surface area (Å²) in [6.45, 7) is 4.17. The van der Waals surface area contributed by atoms with Crippen molar-refractivity contribution < 1.29 is 51.8 Å². The number of rotatable bonds is 47. The second-order valence-electron chi connectivity index (χ2n) is 16.3. The third-order valence-electron chi connectivity index (χ3n) is 10.5. The third kappa shape index (κ3) is 44.3. The van der Waals surface area contributed by atoms with Gasteiger partial charge in [-0.25, -0.2) is 9.36 Å². The van der Waals surface area contributed by atoms with E-state index in [2.05, 4.69) is 19.2 Å². The average molecular weight is 879 g/mol. The van der Waals surface area contributed by atoms with E-state index in [0.29, 0.717) is 26.0 Å². The Morgan fingerprint density at radius 2 is 0.933 bits per heavy atom. The lowest BCUT2D eigenvalue weighted by molar-refractivity contribution is -0.161. The number of carbonyl (C=O) groups is 3. The molecule has 0 spiro atoms. The van der Waals surface area contributed by atoms with Crippen LogP contribution in [0.25, 0.3) is 0 Å². The number of carbonyl (C=O) groups excluding carboxylic acids is 3. The Balaban J connectivity index is 4.46. The van der Waals surface area contributed by atoms with Gasteiger partial charge in [0.15, 0.2) is 6.10 Å². The lowest BCUT2D eigenvalue weighted by Gasteiger charge is -2.20. The predicted molar refractivity (Wildman–Crippen MR) is 241 cm³/mol. The van der Waals surface area contributed by atoms with Gasteiger partial charge in [0.05, 0.1) is 26.4 Å². The zero-order valence-electron chi connectivity index (χ0n) is 38.4. The minimum Gasteiger partial charge on any atom is -0.462 e. The van der Waals surface area contributed by atoms with Crippen molar-refractivity contribution in [2.75, 3.05) is 52.7 Å². The van der Waals surface area contributed by atoms with Gasteiger partial charge in [0.2, 0.25) is 0 Å². The fraction of sp³-hybridized carbons (Fsp3) is 0.935. The van der Waals surface area contributed by atoms with Crippen LogP contribution in [0.5, 0.6) is 0 Å². The number of nitrogens with one attached hydrogen (secondary N) is 1. The maximum Gasteiger partial charge on any atom is 0.472 e. The second-order valence-corrected chi connectivity index (χ2v) is 17.7. The first-order valence-corrected chi connectivity index (χ1v) is 25.9. The first-order chi connectivity index (χ1) is 29.2. The summed E-state index contributed by atoms with van der Waals surface area (Å²) in [4.78, 5) is 47.2. The van der Waals surface area contributed by atoms with Gasteiger partial charge in [0.1, 0.15) is 13.2 Å². The van der Waals surface area contributed by atoms with Crippen LogP contribution in [0.3, 0.4) is 0 Å². The van der Waals surface area contributed by atoms with Crippen LogP contribution in [-0.4, -0.2) is 81.8 Å². The molecule has 60 heavy (non-hydrogen) atoms. The molecule has 0 aliphatic heterocycles. The van der Waals surface area contributed by atoms with Gasteiger partial charge in [-0.3, -0.25) is 18.6 Å². The number of nitrogens with two attached hydrogens (primary N) is 1. The van der Waals surface area contributed by atoms with Crippen LogP contribution in [0, 0.1) is 0 Å². The molecular weight excluding hydrogens is 787 g/mol. The smallest absolute Gasteiger partial charge is 0.462 e. The summed E-state index contributed by atoms with van der Waals surface area (Å²) < 4.78 is 43.6. The number of ether oxygens (including phenoxy) is 4. The third-order valence-corrected chi connectivity index (χ3v) is 11.5. The summed E-state index contributed by atoms with van der Waals surface area (Å²) in [6, 6.07) is 0. The molecule has 2 unspecified atom stereocenters. The Hall–Kier alpha value is -1.76. The van der Waals surface area contributed by atoms with Crippen molar-refractivity contribution in [3.8, 4) is 0 Å². The maximum absolute atomic E-state index is 12.7. The Kier molecular flexibility index (Phi) is 43.9. The largest absolute Gasteiger partial charge is 0.472 e. The van der Waals surface area contributed by atoms with Crippen molar-refractivity contribution in [2.45, 2.75) is 225 Å². The van der Waals surface area contributed by atoms with E-state index in [1.54, 1.807) is 0 Å². The van der Waals surface area contributed by atoms with Crippen LogP contribution in [0.15, 0.2) is 0 Å². The molecule has 0 aromatic rings. The first kappa shape index (κ1) is 58.2. The molecule has 0 saturated heterocycles. The van der Waals surface area contributed by atoms with Gasteiger partial charge in [-0.05, 0) is 12.8 Å². The number of hydrogen-bond acceptors (Lipinski definition) is 11. The van der Waals surface area contributed by atoms with E-state index in [1.165, 1.54) is 141 Å². The molecule has 0 saturated carbocycles. The molecule has 0 aromatic carbocycles. The van der Waals surface area contributed by atoms with Crippen LogP contribution in [0.4, 0.5) is 4.79 Å². The van der Waals surface area contributed by atoms with Crippen molar-refractivity contribution in [1.82, 2.24) is 5.32 Å². The zero-order valence-corrected chi connectivity index (χ0v) is 39.3. The quantitative estimate of drug-likeness (QED) is 0.0228. The summed E-state index contributed by atoms with van der Waals surface area (Å²) in [5.74, 6) is -0.901. The predicted octanol–water partition coefficient (Wildman–Crippen LogP) is 11.8. The molecule has 0 aliphatic carbocycles. The molecule has 0 fully saturated rings. The van der Waals surface area contributed by atoms with Crippen LogP contribution < -0.4 is 11.1 Å². The fourth-order valence-electron chi connectivity index (χ4n) is 6.86. The van der Waals surface area contributed by atoms with Crippen LogP contribution in [0.1, 0.15) is 219 Å². The van der Waals surface area contributed by atoms with Gasteiger partial charge >= 0.3 is 25.9 Å². The SMILES string of the molecule is CCCCCCCCCCCCCCCCCC(=O)OCC(COP(=O)(O)OCCNC(=O)OCCOCCN)OC(=O)CCCCCCCCCCCCCCCCC. The lowest BCUT2D eigenvalue weighted by Crippen LogP contribution is -2.30. The molecule has 2 atom stereocenters. The molecule has 13 nitrogen and oxygen atoms in total. The lowest BCUT2D eigenvalue weighted by atomic mass is 10.0. The van der Waals surface area contributed by atoms with Gasteiger partial charge in [-0.1, -0.05) is 194 Å². The van der Waals surface area contributed by atoms with Gasteiger partial charge in [-0.15, -0.1) is 0 Å². The second kappa shape index (κ2) is 45.3. The monoisotopic (exact) mass is 879 g/mol. The summed E-state index contributed by atoms with van der Waals surface area (Å²) in [7, 11) is -4.59. The Morgan fingerprint density at radius 1 is 0.517 bits per heavy atom. The minimum absolute atomic E-state index is 0.0257. The molecular formula is C46H91N2O11P. The van der Waals surface area contributed by atoms with E-state index < -0.39 is 38.6 Å². The molecule has 0 rings (SSSR count). The molecule has 1 amide bonds. The Morgan fingerprint density at radius 3 is 1.37 bits per heavy atom. The number of hydrogen-bond donors (Lipinski definition) is 3. The molecule has 0 aromatic heterocycles. The minimum atomic E-state index is -4.59. The number of unbranched alkanes of at least 4 members (excludes halogenated alkanes) is 28. The van der Waals surface area contributed by atoms with E-state index in [1.807, 2.05) is 0 Å². The summed E-state index contributed by atoms with van der Waals surface area (Å²) in [5, 5.41) is 2.39. The Bertz CT molecular complexity index is 1020. The highest BCUT2D eigenvalue weighted by atomic mass is 31.2. The van der Waals surface area contributed by atoms with E-state index in [-0.39, 0.29) is 45.8 Å². The summed E-state index contributed by atoms with van der Waals surface area (Å²) in [6.07, 6.45) is 35.4. The average Bonchev–Trinajstić information content (AvgIpc) is 3.23. The summed E-state index contributed by atoms with van der Waals surface area (Å²) >= 11 is 0. The molecule has 0 aliphatic rings.